The van der Waals surface area contributed by atoms with Crippen molar-refractivity contribution in [3.63, 3.8) is 0 Å². The minimum atomic E-state index is 0.738. The summed E-state index contributed by atoms with van der Waals surface area (Å²) in [7, 11) is 0. The van der Waals surface area contributed by atoms with Gasteiger partial charge in [0.25, 0.3) is 0 Å². The second-order valence-corrected chi connectivity index (χ2v) is 6.41. The van der Waals surface area contributed by atoms with Gasteiger partial charge in [-0.05, 0) is 44.9 Å². The first-order valence-corrected chi connectivity index (χ1v) is 7.22. The minimum Gasteiger partial charge on any atom is -0.298 e. The van der Waals surface area contributed by atoms with Gasteiger partial charge < -0.3 is 0 Å². The van der Waals surface area contributed by atoms with E-state index >= 15 is 0 Å². The Morgan fingerprint density at radius 2 is 1.69 bits per heavy atom. The highest BCUT2D eigenvalue weighted by Gasteiger charge is 2.42. The zero-order valence-corrected chi connectivity index (χ0v) is 10.9. The molecule has 3 aliphatic rings. The SMILES string of the molecule is CC(C)N1CCN([C@H]2C[C@H]3CC[C@H]2C3)CC1. The van der Waals surface area contributed by atoms with Gasteiger partial charge in [-0.3, -0.25) is 9.80 Å². The van der Waals surface area contributed by atoms with E-state index in [-0.39, 0.29) is 0 Å². The average Bonchev–Trinajstić information content (AvgIpc) is 2.91. The molecule has 0 N–H and O–H groups in total. The third-order valence-corrected chi connectivity index (χ3v) is 5.25. The Labute approximate surface area is 100.0 Å². The lowest BCUT2D eigenvalue weighted by Gasteiger charge is -2.42. The van der Waals surface area contributed by atoms with Crippen LogP contribution in [0.15, 0.2) is 0 Å². The van der Waals surface area contributed by atoms with E-state index < -0.39 is 0 Å². The zero-order chi connectivity index (χ0) is 11.1. The van der Waals surface area contributed by atoms with Crippen LogP contribution in [-0.4, -0.2) is 48.1 Å². The normalized spacial score (nSPS) is 41.1. The van der Waals surface area contributed by atoms with E-state index in [0.29, 0.717) is 0 Å². The van der Waals surface area contributed by atoms with Crippen molar-refractivity contribution in [2.75, 3.05) is 26.2 Å². The molecule has 2 bridgehead atoms. The summed E-state index contributed by atoms with van der Waals surface area (Å²) >= 11 is 0. The smallest absolute Gasteiger partial charge is 0.0127 e. The highest BCUT2D eigenvalue weighted by Crippen LogP contribution is 2.46. The van der Waals surface area contributed by atoms with Gasteiger partial charge in [0.15, 0.2) is 0 Å². The number of hydrogen-bond acceptors (Lipinski definition) is 2. The van der Waals surface area contributed by atoms with Crippen LogP contribution in [0.25, 0.3) is 0 Å². The van der Waals surface area contributed by atoms with Crippen molar-refractivity contribution in [3.05, 3.63) is 0 Å². The quantitative estimate of drug-likeness (QED) is 0.707. The van der Waals surface area contributed by atoms with E-state index in [1.54, 1.807) is 6.42 Å². The molecule has 2 heteroatoms. The molecule has 92 valence electrons. The standard InChI is InChI=1S/C14H26N2/c1-11(2)15-5-7-16(8-6-15)14-10-12-3-4-13(14)9-12/h11-14H,3-10H2,1-2H3/t12-,13-,14-/m0/s1. The molecule has 1 saturated heterocycles. The molecule has 0 radical (unpaired) electrons. The summed E-state index contributed by atoms with van der Waals surface area (Å²) in [4.78, 5) is 5.44. The van der Waals surface area contributed by atoms with Crippen molar-refractivity contribution in [2.45, 2.75) is 51.6 Å². The molecular formula is C14H26N2. The van der Waals surface area contributed by atoms with Crippen molar-refractivity contribution in [1.29, 1.82) is 0 Å². The summed E-state index contributed by atoms with van der Waals surface area (Å²) in [6.07, 6.45) is 6.13. The first-order chi connectivity index (χ1) is 7.74. The molecule has 3 rings (SSSR count). The monoisotopic (exact) mass is 222 g/mol. The number of fused-ring (bicyclic) bond motifs is 2. The fraction of sp³-hybridized carbons (Fsp3) is 1.00. The Morgan fingerprint density at radius 1 is 0.938 bits per heavy atom. The van der Waals surface area contributed by atoms with Gasteiger partial charge >= 0.3 is 0 Å². The van der Waals surface area contributed by atoms with Gasteiger partial charge in [-0.2, -0.15) is 0 Å². The van der Waals surface area contributed by atoms with Crippen molar-refractivity contribution in [3.8, 4) is 0 Å². The first kappa shape index (κ1) is 11.0. The van der Waals surface area contributed by atoms with Crippen LogP contribution in [-0.2, 0) is 0 Å². The number of piperazine rings is 1. The van der Waals surface area contributed by atoms with Crippen molar-refractivity contribution in [1.82, 2.24) is 9.80 Å². The average molecular weight is 222 g/mol. The molecule has 2 nitrogen and oxygen atoms in total. The van der Waals surface area contributed by atoms with Crippen molar-refractivity contribution < 1.29 is 0 Å². The maximum atomic E-state index is 2.81. The molecule has 3 fully saturated rings. The summed E-state index contributed by atoms with van der Waals surface area (Å²) in [6, 6.07) is 1.70. The van der Waals surface area contributed by atoms with Crippen LogP contribution in [0.3, 0.4) is 0 Å². The molecular weight excluding hydrogens is 196 g/mol. The third-order valence-electron chi connectivity index (χ3n) is 5.25. The third kappa shape index (κ3) is 1.91. The van der Waals surface area contributed by atoms with E-state index in [9.17, 15) is 0 Å². The van der Waals surface area contributed by atoms with Gasteiger partial charge in [0, 0.05) is 38.3 Å². The maximum absolute atomic E-state index is 2.81. The summed E-state index contributed by atoms with van der Waals surface area (Å²) in [5, 5.41) is 0. The van der Waals surface area contributed by atoms with E-state index in [1.807, 2.05) is 0 Å². The molecule has 0 spiro atoms. The van der Waals surface area contributed by atoms with Gasteiger partial charge in [0.1, 0.15) is 0 Å². The Balaban J connectivity index is 1.54. The first-order valence-electron chi connectivity index (χ1n) is 7.22. The molecule has 2 saturated carbocycles. The van der Waals surface area contributed by atoms with E-state index in [1.165, 1.54) is 45.4 Å². The predicted molar refractivity (Wildman–Crippen MR) is 67.5 cm³/mol. The minimum absolute atomic E-state index is 0.738. The van der Waals surface area contributed by atoms with Crippen LogP contribution in [0, 0.1) is 11.8 Å². The van der Waals surface area contributed by atoms with Gasteiger partial charge in [-0.25, -0.2) is 0 Å². The predicted octanol–water partition coefficient (Wildman–Crippen LogP) is 2.20. The Hall–Kier alpha value is -0.0800. The number of nitrogens with zero attached hydrogens (tertiary/aromatic N) is 2. The maximum Gasteiger partial charge on any atom is 0.0127 e. The molecule has 0 aromatic carbocycles. The van der Waals surface area contributed by atoms with Crippen molar-refractivity contribution in [2.24, 2.45) is 11.8 Å². The second kappa shape index (κ2) is 4.30. The van der Waals surface area contributed by atoms with Gasteiger partial charge in [-0.1, -0.05) is 6.42 Å². The molecule has 0 aromatic rings. The second-order valence-electron chi connectivity index (χ2n) is 6.41. The van der Waals surface area contributed by atoms with Gasteiger partial charge in [-0.15, -0.1) is 0 Å². The van der Waals surface area contributed by atoms with Crippen LogP contribution in [0.1, 0.15) is 39.5 Å². The fourth-order valence-electron chi connectivity index (χ4n) is 4.24. The summed E-state index contributed by atoms with van der Waals surface area (Å²) < 4.78 is 0. The van der Waals surface area contributed by atoms with Crippen molar-refractivity contribution >= 4 is 0 Å². The van der Waals surface area contributed by atoms with Crippen LogP contribution < -0.4 is 0 Å². The lowest BCUT2D eigenvalue weighted by Crippen LogP contribution is -2.53. The highest BCUT2D eigenvalue weighted by molar-refractivity contribution is 4.96. The Bertz CT molecular complexity index is 243. The summed E-state index contributed by atoms with van der Waals surface area (Å²) in [6.45, 7) is 9.90. The zero-order valence-electron chi connectivity index (χ0n) is 10.9. The molecule has 1 aliphatic heterocycles. The van der Waals surface area contributed by atoms with Gasteiger partial charge in [0.2, 0.25) is 0 Å². The Morgan fingerprint density at radius 3 is 2.19 bits per heavy atom. The summed E-state index contributed by atoms with van der Waals surface area (Å²) in [5.74, 6) is 2.16. The molecule has 2 aliphatic carbocycles. The van der Waals surface area contributed by atoms with E-state index in [2.05, 4.69) is 23.6 Å². The van der Waals surface area contributed by atoms with E-state index in [4.69, 9.17) is 0 Å². The topological polar surface area (TPSA) is 6.48 Å². The molecule has 3 atom stereocenters. The van der Waals surface area contributed by atoms with Crippen LogP contribution in [0.5, 0.6) is 0 Å². The number of hydrogen-bond donors (Lipinski definition) is 0. The molecule has 1 heterocycles. The fourth-order valence-corrected chi connectivity index (χ4v) is 4.24. The molecule has 16 heavy (non-hydrogen) atoms. The van der Waals surface area contributed by atoms with Crippen LogP contribution in [0.4, 0.5) is 0 Å². The van der Waals surface area contributed by atoms with Crippen LogP contribution in [0.2, 0.25) is 0 Å². The van der Waals surface area contributed by atoms with Crippen LogP contribution >= 0.6 is 0 Å². The number of rotatable bonds is 2. The Kier molecular flexibility index (Phi) is 2.97. The lowest BCUT2D eigenvalue weighted by molar-refractivity contribution is 0.0577. The van der Waals surface area contributed by atoms with Gasteiger partial charge in [0.05, 0.1) is 0 Å². The molecule has 0 unspecified atom stereocenters. The molecule has 0 amide bonds. The lowest BCUT2D eigenvalue weighted by atomic mass is 9.93. The molecule has 0 aromatic heterocycles. The largest absolute Gasteiger partial charge is 0.298 e. The highest BCUT2D eigenvalue weighted by atomic mass is 15.3. The van der Waals surface area contributed by atoms with E-state index in [0.717, 1.165) is 23.9 Å². The summed E-state index contributed by atoms with van der Waals surface area (Å²) in [5.41, 5.74) is 0.